The lowest BCUT2D eigenvalue weighted by atomic mass is 10.2. The quantitative estimate of drug-likeness (QED) is 0.753. The van der Waals surface area contributed by atoms with Gasteiger partial charge in [0.2, 0.25) is 11.8 Å². The van der Waals surface area contributed by atoms with Crippen LogP contribution in [0.3, 0.4) is 0 Å². The summed E-state index contributed by atoms with van der Waals surface area (Å²) in [6, 6.07) is 9.18. The van der Waals surface area contributed by atoms with Crippen molar-refractivity contribution in [1.29, 1.82) is 0 Å². The minimum Gasteiger partial charge on any atom is -0.308 e. The normalized spacial score (nSPS) is 20.6. The molecular weight excluding hydrogens is 204 g/mol. The van der Waals surface area contributed by atoms with Crippen molar-refractivity contribution in [2.75, 3.05) is 7.05 Å². The van der Waals surface area contributed by atoms with Gasteiger partial charge >= 0.3 is 0 Å². The topological polar surface area (TPSA) is 49.4 Å². The molecule has 1 saturated heterocycles. The number of hydrogen-bond acceptors (Lipinski definition) is 3. The molecule has 0 unspecified atom stereocenters. The molecular formula is C12H14N2O2. The summed E-state index contributed by atoms with van der Waals surface area (Å²) in [7, 11) is 1.70. The molecule has 0 bridgehead atoms. The third kappa shape index (κ3) is 1.97. The Hall–Kier alpha value is -1.68. The molecule has 1 fully saturated rings. The van der Waals surface area contributed by atoms with Crippen LogP contribution in [0.15, 0.2) is 30.3 Å². The molecule has 1 atom stereocenters. The molecule has 16 heavy (non-hydrogen) atoms. The average Bonchev–Trinajstić information content (AvgIpc) is 2.58. The number of likely N-dealkylation sites (tertiary alicyclic amines) is 1. The van der Waals surface area contributed by atoms with Gasteiger partial charge in [0.15, 0.2) is 0 Å². The van der Waals surface area contributed by atoms with Crippen LogP contribution in [0.5, 0.6) is 0 Å². The standard InChI is InChI=1S/C12H14N2O2/c1-13-10-7-11(15)14(12(10)16)8-9-5-3-2-4-6-9/h2-6,10,13H,7-8H2,1H3/t10-/m1/s1. The second kappa shape index (κ2) is 4.45. The van der Waals surface area contributed by atoms with Crippen LogP contribution in [0, 0.1) is 0 Å². The monoisotopic (exact) mass is 218 g/mol. The van der Waals surface area contributed by atoms with E-state index >= 15 is 0 Å². The van der Waals surface area contributed by atoms with Crippen LogP contribution in [0.25, 0.3) is 0 Å². The van der Waals surface area contributed by atoms with Crippen molar-refractivity contribution in [2.24, 2.45) is 0 Å². The number of rotatable bonds is 3. The molecule has 2 rings (SSSR count). The Morgan fingerprint density at radius 3 is 2.56 bits per heavy atom. The van der Waals surface area contributed by atoms with Gasteiger partial charge in [-0.05, 0) is 12.6 Å². The average molecular weight is 218 g/mol. The van der Waals surface area contributed by atoms with Gasteiger partial charge in [-0.25, -0.2) is 0 Å². The van der Waals surface area contributed by atoms with Gasteiger partial charge in [0, 0.05) is 0 Å². The Morgan fingerprint density at radius 2 is 2.00 bits per heavy atom. The fraction of sp³-hybridized carbons (Fsp3) is 0.333. The van der Waals surface area contributed by atoms with Gasteiger partial charge < -0.3 is 5.32 Å². The van der Waals surface area contributed by atoms with Crippen LogP contribution in [0.4, 0.5) is 0 Å². The SMILES string of the molecule is CN[C@@H]1CC(=O)N(Cc2ccccc2)C1=O. The van der Waals surface area contributed by atoms with E-state index in [4.69, 9.17) is 0 Å². The Balaban J connectivity index is 2.11. The van der Waals surface area contributed by atoms with E-state index in [1.165, 1.54) is 4.90 Å². The number of imide groups is 1. The van der Waals surface area contributed by atoms with Crippen molar-refractivity contribution >= 4 is 11.8 Å². The number of amides is 2. The lowest BCUT2D eigenvalue weighted by Crippen LogP contribution is -2.36. The molecule has 1 aromatic carbocycles. The number of hydrogen-bond donors (Lipinski definition) is 1. The summed E-state index contributed by atoms with van der Waals surface area (Å²) in [5, 5.41) is 2.85. The van der Waals surface area contributed by atoms with Crippen LogP contribution in [-0.4, -0.2) is 29.8 Å². The zero-order valence-corrected chi connectivity index (χ0v) is 9.14. The molecule has 1 aliphatic rings. The fourth-order valence-corrected chi connectivity index (χ4v) is 1.84. The first-order chi connectivity index (χ1) is 7.72. The molecule has 1 aromatic rings. The maximum atomic E-state index is 11.8. The number of benzene rings is 1. The third-order valence-electron chi connectivity index (χ3n) is 2.78. The van der Waals surface area contributed by atoms with Crippen LogP contribution in [-0.2, 0) is 16.1 Å². The second-order valence-electron chi connectivity index (χ2n) is 3.85. The molecule has 1 N–H and O–H groups in total. The maximum Gasteiger partial charge on any atom is 0.247 e. The Morgan fingerprint density at radius 1 is 1.31 bits per heavy atom. The first-order valence-corrected chi connectivity index (χ1v) is 5.28. The number of nitrogens with zero attached hydrogens (tertiary/aromatic N) is 1. The van der Waals surface area contributed by atoms with Gasteiger partial charge in [-0.1, -0.05) is 30.3 Å². The predicted molar refractivity (Wildman–Crippen MR) is 59.5 cm³/mol. The molecule has 1 aliphatic heterocycles. The highest BCUT2D eigenvalue weighted by Gasteiger charge is 2.37. The summed E-state index contributed by atoms with van der Waals surface area (Å²) >= 11 is 0. The highest BCUT2D eigenvalue weighted by Crippen LogP contribution is 2.16. The molecule has 0 spiro atoms. The summed E-state index contributed by atoms with van der Waals surface area (Å²) in [6.45, 7) is 0.372. The first-order valence-electron chi connectivity index (χ1n) is 5.28. The second-order valence-corrected chi connectivity index (χ2v) is 3.85. The van der Waals surface area contributed by atoms with Gasteiger partial charge in [-0.3, -0.25) is 14.5 Å². The molecule has 1 heterocycles. The summed E-state index contributed by atoms with van der Waals surface area (Å²) in [4.78, 5) is 24.7. The van der Waals surface area contributed by atoms with Gasteiger partial charge in [0.1, 0.15) is 0 Å². The van der Waals surface area contributed by atoms with E-state index in [0.717, 1.165) is 5.56 Å². The van der Waals surface area contributed by atoms with Gasteiger partial charge in [0.05, 0.1) is 19.0 Å². The molecule has 84 valence electrons. The number of likely N-dealkylation sites (N-methyl/N-ethyl adjacent to an activating group) is 1. The van der Waals surface area contributed by atoms with Gasteiger partial charge in [0.25, 0.3) is 0 Å². The molecule has 4 nitrogen and oxygen atoms in total. The Kier molecular flexibility index (Phi) is 3.01. The van der Waals surface area contributed by atoms with E-state index in [9.17, 15) is 9.59 Å². The largest absolute Gasteiger partial charge is 0.308 e. The Bertz CT molecular complexity index is 403. The molecule has 0 aromatic heterocycles. The van der Waals surface area contributed by atoms with E-state index in [1.54, 1.807) is 7.05 Å². The summed E-state index contributed by atoms with van der Waals surface area (Å²) in [6.07, 6.45) is 0.266. The van der Waals surface area contributed by atoms with Crippen molar-refractivity contribution in [3.05, 3.63) is 35.9 Å². The number of carbonyl (C=O) groups excluding carboxylic acids is 2. The van der Waals surface area contributed by atoms with Crippen molar-refractivity contribution in [3.63, 3.8) is 0 Å². The van der Waals surface area contributed by atoms with Crippen LogP contribution in [0.2, 0.25) is 0 Å². The van der Waals surface area contributed by atoms with Crippen molar-refractivity contribution in [1.82, 2.24) is 10.2 Å². The molecule has 2 amide bonds. The van der Waals surface area contributed by atoms with Crippen LogP contribution in [0.1, 0.15) is 12.0 Å². The summed E-state index contributed by atoms with van der Waals surface area (Å²) < 4.78 is 0. The minimum absolute atomic E-state index is 0.104. The van der Waals surface area contributed by atoms with Gasteiger partial charge in [-0.15, -0.1) is 0 Å². The van der Waals surface area contributed by atoms with E-state index in [1.807, 2.05) is 30.3 Å². The zero-order chi connectivity index (χ0) is 11.5. The maximum absolute atomic E-state index is 11.8. The number of carbonyl (C=O) groups is 2. The van der Waals surface area contributed by atoms with Crippen LogP contribution >= 0.6 is 0 Å². The molecule has 0 radical (unpaired) electrons. The predicted octanol–water partition coefficient (Wildman–Crippen LogP) is 0.533. The van der Waals surface area contributed by atoms with Crippen molar-refractivity contribution in [2.45, 2.75) is 19.0 Å². The van der Waals surface area contributed by atoms with Crippen LogP contribution < -0.4 is 5.32 Å². The highest BCUT2D eigenvalue weighted by molar-refractivity contribution is 6.05. The van der Waals surface area contributed by atoms with E-state index in [2.05, 4.69) is 5.32 Å². The molecule has 0 saturated carbocycles. The van der Waals surface area contributed by atoms with E-state index in [-0.39, 0.29) is 24.3 Å². The van der Waals surface area contributed by atoms with E-state index in [0.29, 0.717) is 6.54 Å². The highest BCUT2D eigenvalue weighted by atomic mass is 16.2. The van der Waals surface area contributed by atoms with Crippen molar-refractivity contribution < 1.29 is 9.59 Å². The smallest absolute Gasteiger partial charge is 0.247 e. The van der Waals surface area contributed by atoms with Gasteiger partial charge in [-0.2, -0.15) is 0 Å². The molecule has 0 aliphatic carbocycles. The summed E-state index contributed by atoms with van der Waals surface area (Å²) in [5.41, 5.74) is 0.973. The van der Waals surface area contributed by atoms with E-state index < -0.39 is 0 Å². The molecule has 4 heteroatoms. The Labute approximate surface area is 94.2 Å². The third-order valence-corrected chi connectivity index (χ3v) is 2.78. The van der Waals surface area contributed by atoms with Crippen molar-refractivity contribution in [3.8, 4) is 0 Å². The minimum atomic E-state index is -0.351. The fourth-order valence-electron chi connectivity index (χ4n) is 1.84. The number of nitrogens with one attached hydrogen (secondary N) is 1. The zero-order valence-electron chi connectivity index (χ0n) is 9.14. The lowest BCUT2D eigenvalue weighted by molar-refractivity contribution is -0.139. The first kappa shape index (κ1) is 10.8. The lowest BCUT2D eigenvalue weighted by Gasteiger charge is -2.14. The summed E-state index contributed by atoms with van der Waals surface area (Å²) in [5.74, 6) is -0.232.